The number of nitrogens with zero attached hydrogens (tertiary/aromatic N) is 5. The number of thioether (sulfide) groups is 1. The molecule has 3 heterocycles. The Labute approximate surface area is 175 Å². The van der Waals surface area contributed by atoms with Gasteiger partial charge in [-0.05, 0) is 47.5 Å². The maximum atomic E-state index is 12.3. The van der Waals surface area contributed by atoms with Crippen LogP contribution in [0.5, 0.6) is 5.75 Å². The third-order valence-corrected chi connectivity index (χ3v) is 6.08. The number of rotatable bonds is 8. The van der Waals surface area contributed by atoms with Gasteiger partial charge in [0, 0.05) is 17.6 Å². The lowest BCUT2D eigenvalue weighted by atomic mass is 10.2. The molecule has 1 aromatic carbocycles. The predicted molar refractivity (Wildman–Crippen MR) is 110 cm³/mol. The summed E-state index contributed by atoms with van der Waals surface area (Å²) in [6, 6.07) is 7.63. The molecule has 0 radical (unpaired) electrons. The molecule has 1 aliphatic heterocycles. The van der Waals surface area contributed by atoms with Crippen LogP contribution in [0.4, 0.5) is 5.13 Å². The minimum Gasteiger partial charge on any atom is -0.497 e. The highest BCUT2D eigenvalue weighted by Gasteiger charge is 2.19. The number of hydrogen-bond donors (Lipinski definition) is 1. The summed E-state index contributed by atoms with van der Waals surface area (Å²) < 4.78 is 12.5. The van der Waals surface area contributed by atoms with Gasteiger partial charge in [0.05, 0.1) is 31.2 Å². The Morgan fingerprint density at radius 2 is 2.28 bits per heavy atom. The van der Waals surface area contributed by atoms with Crippen LogP contribution in [0, 0.1) is 0 Å². The first-order valence-corrected chi connectivity index (χ1v) is 11.0. The molecule has 4 rings (SSSR count). The molecule has 11 heteroatoms. The molecule has 1 N–H and O–H groups in total. The first-order valence-electron chi connectivity index (χ1n) is 9.11. The van der Waals surface area contributed by atoms with Crippen molar-refractivity contribution in [3.8, 4) is 17.0 Å². The minimum absolute atomic E-state index is 0.137. The molecule has 3 aromatic rings. The molecule has 0 bridgehead atoms. The highest BCUT2D eigenvalue weighted by atomic mass is 32.2. The van der Waals surface area contributed by atoms with E-state index in [4.69, 9.17) is 9.47 Å². The molecule has 0 spiro atoms. The second-order valence-corrected chi connectivity index (χ2v) is 8.18. The van der Waals surface area contributed by atoms with Crippen LogP contribution in [-0.4, -0.2) is 56.7 Å². The quantitative estimate of drug-likeness (QED) is 0.542. The van der Waals surface area contributed by atoms with E-state index >= 15 is 0 Å². The standard InChI is InChI=1S/C18H20N6O3S2/c1-26-13-6-4-12(5-7-13)15-10-28-17(19-15)20-16(25)11-29-18-21-22-23-24(18)9-14-3-2-8-27-14/h4-7,10,14H,2-3,8-9,11H2,1H3,(H,19,20,25)/t14-/m0/s1. The monoisotopic (exact) mass is 432 g/mol. The number of nitrogens with one attached hydrogen (secondary N) is 1. The van der Waals surface area contributed by atoms with E-state index in [9.17, 15) is 4.79 Å². The molecule has 0 aliphatic carbocycles. The summed E-state index contributed by atoms with van der Waals surface area (Å²) >= 11 is 2.68. The molecule has 9 nitrogen and oxygen atoms in total. The average Bonchev–Trinajstić information content (AvgIpc) is 3.50. The Bertz CT molecular complexity index is 953. The van der Waals surface area contributed by atoms with E-state index < -0.39 is 0 Å². The van der Waals surface area contributed by atoms with Gasteiger partial charge in [0.1, 0.15) is 5.75 Å². The van der Waals surface area contributed by atoms with Gasteiger partial charge in [0.2, 0.25) is 11.1 Å². The predicted octanol–water partition coefficient (Wildman–Crippen LogP) is 2.72. The largest absolute Gasteiger partial charge is 0.497 e. The summed E-state index contributed by atoms with van der Waals surface area (Å²) in [6.45, 7) is 1.39. The third-order valence-electron chi connectivity index (χ3n) is 4.37. The van der Waals surface area contributed by atoms with Gasteiger partial charge in [0.25, 0.3) is 0 Å². The molecule has 1 amide bonds. The molecule has 1 saturated heterocycles. The van der Waals surface area contributed by atoms with E-state index in [0.717, 1.165) is 36.5 Å². The van der Waals surface area contributed by atoms with Gasteiger partial charge in [-0.1, -0.05) is 11.8 Å². The molecule has 1 fully saturated rings. The maximum absolute atomic E-state index is 12.3. The summed E-state index contributed by atoms with van der Waals surface area (Å²) in [7, 11) is 1.63. The molecule has 152 valence electrons. The Kier molecular flexibility index (Phi) is 6.37. The number of amides is 1. The van der Waals surface area contributed by atoms with Crippen molar-refractivity contribution in [2.45, 2.75) is 30.6 Å². The smallest absolute Gasteiger partial charge is 0.236 e. The van der Waals surface area contributed by atoms with Crippen molar-refractivity contribution in [1.82, 2.24) is 25.2 Å². The van der Waals surface area contributed by atoms with E-state index in [1.807, 2.05) is 29.6 Å². The Morgan fingerprint density at radius 3 is 3.03 bits per heavy atom. The fourth-order valence-electron chi connectivity index (χ4n) is 2.91. The van der Waals surface area contributed by atoms with E-state index in [-0.39, 0.29) is 17.8 Å². The van der Waals surface area contributed by atoms with Crippen molar-refractivity contribution in [2.75, 3.05) is 24.8 Å². The van der Waals surface area contributed by atoms with Gasteiger partial charge >= 0.3 is 0 Å². The molecule has 0 unspecified atom stereocenters. The fourth-order valence-corrected chi connectivity index (χ4v) is 4.33. The summed E-state index contributed by atoms with van der Waals surface area (Å²) in [6.07, 6.45) is 2.20. The van der Waals surface area contributed by atoms with Crippen molar-refractivity contribution < 1.29 is 14.3 Å². The van der Waals surface area contributed by atoms with E-state index in [1.54, 1.807) is 11.8 Å². The normalized spacial score (nSPS) is 16.1. The summed E-state index contributed by atoms with van der Waals surface area (Å²) in [4.78, 5) is 16.8. The van der Waals surface area contributed by atoms with Gasteiger partial charge in [0.15, 0.2) is 5.13 Å². The highest BCUT2D eigenvalue weighted by molar-refractivity contribution is 7.99. The summed E-state index contributed by atoms with van der Waals surface area (Å²) in [5, 5.41) is 17.6. The molecular formula is C18H20N6O3S2. The second-order valence-electron chi connectivity index (χ2n) is 6.38. The number of carbonyl (C=O) groups is 1. The van der Waals surface area contributed by atoms with Crippen LogP contribution >= 0.6 is 23.1 Å². The van der Waals surface area contributed by atoms with E-state index in [0.29, 0.717) is 16.8 Å². The molecular weight excluding hydrogens is 412 g/mol. The van der Waals surface area contributed by atoms with Gasteiger partial charge in [-0.3, -0.25) is 4.79 Å². The topological polar surface area (TPSA) is 104 Å². The molecule has 1 atom stereocenters. The average molecular weight is 433 g/mol. The lowest BCUT2D eigenvalue weighted by Crippen LogP contribution is -2.18. The molecule has 2 aromatic heterocycles. The molecule has 0 saturated carbocycles. The Morgan fingerprint density at radius 1 is 1.41 bits per heavy atom. The number of thiazole rings is 1. The van der Waals surface area contributed by atoms with E-state index in [1.165, 1.54) is 23.1 Å². The zero-order chi connectivity index (χ0) is 20.1. The number of methoxy groups -OCH3 is 1. The van der Waals surface area contributed by atoms with Crippen LogP contribution in [-0.2, 0) is 16.1 Å². The van der Waals surface area contributed by atoms with Gasteiger partial charge in [-0.2, -0.15) is 0 Å². The van der Waals surface area contributed by atoms with Crippen LogP contribution < -0.4 is 10.1 Å². The van der Waals surface area contributed by atoms with Crippen molar-refractivity contribution in [3.63, 3.8) is 0 Å². The van der Waals surface area contributed by atoms with Crippen LogP contribution in [0.3, 0.4) is 0 Å². The van der Waals surface area contributed by atoms with Crippen molar-refractivity contribution in [1.29, 1.82) is 0 Å². The lowest BCUT2D eigenvalue weighted by molar-refractivity contribution is -0.113. The van der Waals surface area contributed by atoms with Gasteiger partial charge in [-0.25, -0.2) is 9.67 Å². The number of aromatic nitrogens is 5. The van der Waals surface area contributed by atoms with Gasteiger partial charge in [-0.15, -0.1) is 16.4 Å². The number of anilines is 1. The molecule has 1 aliphatic rings. The number of ether oxygens (including phenoxy) is 2. The minimum atomic E-state index is -0.155. The first kappa shape index (κ1) is 19.8. The zero-order valence-electron chi connectivity index (χ0n) is 15.8. The lowest BCUT2D eigenvalue weighted by Gasteiger charge is -2.09. The number of hydrogen-bond acceptors (Lipinski definition) is 9. The second kappa shape index (κ2) is 9.33. The Balaban J connectivity index is 1.30. The van der Waals surface area contributed by atoms with Crippen LogP contribution in [0.15, 0.2) is 34.8 Å². The highest BCUT2D eigenvalue weighted by Crippen LogP contribution is 2.27. The van der Waals surface area contributed by atoms with Crippen LogP contribution in [0.1, 0.15) is 12.8 Å². The zero-order valence-corrected chi connectivity index (χ0v) is 17.4. The van der Waals surface area contributed by atoms with Crippen LogP contribution in [0.25, 0.3) is 11.3 Å². The maximum Gasteiger partial charge on any atom is 0.236 e. The van der Waals surface area contributed by atoms with Crippen molar-refractivity contribution in [2.24, 2.45) is 0 Å². The van der Waals surface area contributed by atoms with Crippen molar-refractivity contribution in [3.05, 3.63) is 29.6 Å². The van der Waals surface area contributed by atoms with Gasteiger partial charge < -0.3 is 14.8 Å². The third kappa shape index (κ3) is 5.11. The SMILES string of the molecule is COc1ccc(-c2csc(NC(=O)CSc3nnnn3C[C@@H]3CCCO3)n2)cc1. The summed E-state index contributed by atoms with van der Waals surface area (Å²) in [5.74, 6) is 0.831. The molecule has 29 heavy (non-hydrogen) atoms. The van der Waals surface area contributed by atoms with Crippen molar-refractivity contribution >= 4 is 34.1 Å². The number of tetrazole rings is 1. The first-order chi connectivity index (χ1) is 14.2. The number of carbonyl (C=O) groups excluding carboxylic acids is 1. The fraction of sp³-hybridized carbons (Fsp3) is 0.389. The Hall–Kier alpha value is -2.50. The van der Waals surface area contributed by atoms with Crippen LogP contribution in [0.2, 0.25) is 0 Å². The summed E-state index contributed by atoms with van der Waals surface area (Å²) in [5.41, 5.74) is 1.77. The van der Waals surface area contributed by atoms with E-state index in [2.05, 4.69) is 25.8 Å². The number of benzene rings is 1.